The van der Waals surface area contributed by atoms with Gasteiger partial charge < -0.3 is 11.1 Å². The summed E-state index contributed by atoms with van der Waals surface area (Å²) in [5.41, 5.74) is 7.43. The lowest BCUT2D eigenvalue weighted by atomic mass is 9.97. The van der Waals surface area contributed by atoms with Gasteiger partial charge in [0.25, 0.3) is 0 Å². The number of hydrogen-bond donors (Lipinski definition) is 2. The average Bonchev–Trinajstić information content (AvgIpc) is 2.29. The molecule has 0 saturated carbocycles. The fourth-order valence-corrected chi connectivity index (χ4v) is 1.67. The molecule has 1 amide bonds. The number of amides is 1. The smallest absolute Gasteiger partial charge is 0.240 e. The summed E-state index contributed by atoms with van der Waals surface area (Å²) in [5, 5.41) is 2.96. The molecule has 0 heterocycles. The zero-order chi connectivity index (χ0) is 13.1. The number of carbonyl (C=O) groups is 1. The van der Waals surface area contributed by atoms with E-state index >= 15 is 0 Å². The predicted molar refractivity (Wildman–Crippen MR) is 70.6 cm³/mol. The Bertz CT molecular complexity index is 399. The van der Waals surface area contributed by atoms with Gasteiger partial charge in [-0.15, -0.1) is 0 Å². The van der Waals surface area contributed by atoms with Crippen molar-refractivity contribution in [1.82, 2.24) is 5.32 Å². The molecule has 1 aromatic carbocycles. The number of benzene rings is 1. The average molecular weight is 234 g/mol. The van der Waals surface area contributed by atoms with Gasteiger partial charge in [0.15, 0.2) is 0 Å². The fraction of sp³-hybridized carbons (Fsp3) is 0.500. The van der Waals surface area contributed by atoms with Crippen LogP contribution in [0.3, 0.4) is 0 Å². The molecule has 0 aliphatic carbocycles. The maximum atomic E-state index is 12.0. The number of carbonyl (C=O) groups excluding carboxylic acids is 1. The number of rotatable bonds is 4. The molecule has 0 radical (unpaired) electrons. The topological polar surface area (TPSA) is 55.1 Å². The van der Waals surface area contributed by atoms with E-state index in [1.807, 2.05) is 45.0 Å². The van der Waals surface area contributed by atoms with Gasteiger partial charge in [0.2, 0.25) is 5.91 Å². The molecule has 0 bridgehead atoms. The van der Waals surface area contributed by atoms with E-state index in [0.717, 1.165) is 5.56 Å². The quantitative estimate of drug-likeness (QED) is 0.840. The highest BCUT2D eigenvalue weighted by Gasteiger charge is 2.27. The number of hydrogen-bond acceptors (Lipinski definition) is 2. The van der Waals surface area contributed by atoms with E-state index in [1.165, 1.54) is 5.56 Å². The first-order chi connectivity index (χ1) is 7.88. The molecule has 0 aliphatic rings. The monoisotopic (exact) mass is 234 g/mol. The van der Waals surface area contributed by atoms with Crippen LogP contribution in [0.5, 0.6) is 0 Å². The lowest BCUT2D eigenvalue weighted by molar-refractivity contribution is -0.126. The van der Waals surface area contributed by atoms with Crippen molar-refractivity contribution in [2.45, 2.75) is 45.7 Å². The van der Waals surface area contributed by atoms with E-state index in [9.17, 15) is 4.79 Å². The van der Waals surface area contributed by atoms with Gasteiger partial charge in [-0.25, -0.2) is 0 Å². The molecule has 3 heteroatoms. The number of aryl methyl sites for hydroxylation is 1. The summed E-state index contributed by atoms with van der Waals surface area (Å²) in [6.45, 7) is 7.69. The lowest BCUT2D eigenvalue weighted by Crippen LogP contribution is -2.51. The van der Waals surface area contributed by atoms with Crippen LogP contribution < -0.4 is 11.1 Å². The third-order valence-corrected chi connectivity index (χ3v) is 3.26. The standard InChI is InChI=1S/C14H22N2O/c1-5-14(4,15)13(17)16-11(3)12-9-7-6-8-10(12)2/h6-9,11H,5,15H2,1-4H3,(H,16,17). The van der Waals surface area contributed by atoms with Crippen molar-refractivity contribution in [2.75, 3.05) is 0 Å². The van der Waals surface area contributed by atoms with E-state index < -0.39 is 5.54 Å². The van der Waals surface area contributed by atoms with Crippen LogP contribution in [0.2, 0.25) is 0 Å². The summed E-state index contributed by atoms with van der Waals surface area (Å²) in [6, 6.07) is 8.02. The van der Waals surface area contributed by atoms with Crippen LogP contribution in [0.25, 0.3) is 0 Å². The molecule has 2 unspecified atom stereocenters. The summed E-state index contributed by atoms with van der Waals surface area (Å²) in [5.74, 6) is -0.101. The van der Waals surface area contributed by atoms with Crippen LogP contribution in [0.15, 0.2) is 24.3 Å². The molecule has 1 rings (SSSR count). The molecule has 3 nitrogen and oxygen atoms in total. The van der Waals surface area contributed by atoms with Crippen molar-refractivity contribution in [3.8, 4) is 0 Å². The third kappa shape index (κ3) is 3.30. The minimum absolute atomic E-state index is 0.0156. The van der Waals surface area contributed by atoms with Crippen molar-refractivity contribution in [1.29, 1.82) is 0 Å². The van der Waals surface area contributed by atoms with E-state index in [2.05, 4.69) is 5.32 Å². The van der Waals surface area contributed by atoms with Crippen molar-refractivity contribution in [3.63, 3.8) is 0 Å². The molecular formula is C14H22N2O. The minimum atomic E-state index is -0.795. The fourth-order valence-electron chi connectivity index (χ4n) is 1.67. The van der Waals surface area contributed by atoms with Gasteiger partial charge >= 0.3 is 0 Å². The Morgan fingerprint density at radius 3 is 2.59 bits per heavy atom. The van der Waals surface area contributed by atoms with Gasteiger partial charge in [-0.3, -0.25) is 4.79 Å². The largest absolute Gasteiger partial charge is 0.348 e. The number of nitrogens with two attached hydrogens (primary N) is 1. The zero-order valence-corrected chi connectivity index (χ0v) is 11.1. The Hall–Kier alpha value is -1.35. The molecule has 3 N–H and O–H groups in total. The van der Waals surface area contributed by atoms with Crippen LogP contribution in [0, 0.1) is 6.92 Å². The van der Waals surface area contributed by atoms with Gasteiger partial charge in [0.1, 0.15) is 0 Å². The highest BCUT2D eigenvalue weighted by atomic mass is 16.2. The van der Waals surface area contributed by atoms with Gasteiger partial charge in [-0.05, 0) is 38.3 Å². The zero-order valence-electron chi connectivity index (χ0n) is 11.1. The Labute approximate surface area is 103 Å². The van der Waals surface area contributed by atoms with Crippen LogP contribution in [0.1, 0.15) is 44.4 Å². The van der Waals surface area contributed by atoms with Gasteiger partial charge in [0.05, 0.1) is 11.6 Å². The van der Waals surface area contributed by atoms with Crippen LogP contribution in [-0.4, -0.2) is 11.4 Å². The van der Waals surface area contributed by atoms with Crippen molar-refractivity contribution in [3.05, 3.63) is 35.4 Å². The lowest BCUT2D eigenvalue weighted by Gasteiger charge is -2.25. The molecule has 2 atom stereocenters. The highest BCUT2D eigenvalue weighted by Crippen LogP contribution is 2.17. The first kappa shape index (κ1) is 13.7. The first-order valence-corrected chi connectivity index (χ1v) is 6.04. The highest BCUT2D eigenvalue weighted by molar-refractivity contribution is 5.85. The van der Waals surface area contributed by atoms with Crippen LogP contribution >= 0.6 is 0 Å². The summed E-state index contributed by atoms with van der Waals surface area (Å²) >= 11 is 0. The second kappa shape index (κ2) is 5.32. The molecule has 17 heavy (non-hydrogen) atoms. The normalized spacial score (nSPS) is 16.1. The second-order valence-electron chi connectivity index (χ2n) is 4.82. The Morgan fingerprint density at radius 1 is 1.47 bits per heavy atom. The third-order valence-electron chi connectivity index (χ3n) is 3.26. The van der Waals surface area contributed by atoms with Crippen LogP contribution in [-0.2, 0) is 4.79 Å². The molecule has 94 valence electrons. The summed E-state index contributed by atoms with van der Waals surface area (Å²) in [4.78, 5) is 12.0. The van der Waals surface area contributed by atoms with E-state index in [0.29, 0.717) is 6.42 Å². The Morgan fingerprint density at radius 2 is 2.06 bits per heavy atom. The van der Waals surface area contributed by atoms with Gasteiger partial charge in [0, 0.05) is 0 Å². The van der Waals surface area contributed by atoms with Crippen molar-refractivity contribution >= 4 is 5.91 Å². The molecule has 0 spiro atoms. The molecule has 0 aromatic heterocycles. The first-order valence-electron chi connectivity index (χ1n) is 6.04. The molecule has 0 saturated heterocycles. The molecule has 1 aromatic rings. The summed E-state index contributed by atoms with van der Waals surface area (Å²) in [7, 11) is 0. The predicted octanol–water partition coefficient (Wildman–Crippen LogP) is 2.30. The van der Waals surface area contributed by atoms with Crippen LogP contribution in [0.4, 0.5) is 0 Å². The Balaban J connectivity index is 2.77. The van der Waals surface area contributed by atoms with E-state index in [-0.39, 0.29) is 11.9 Å². The van der Waals surface area contributed by atoms with Crippen molar-refractivity contribution in [2.24, 2.45) is 5.73 Å². The van der Waals surface area contributed by atoms with E-state index in [4.69, 9.17) is 5.73 Å². The molecule has 0 aliphatic heterocycles. The SMILES string of the molecule is CCC(C)(N)C(=O)NC(C)c1ccccc1C. The molecular weight excluding hydrogens is 212 g/mol. The Kier molecular flexibility index (Phi) is 4.29. The van der Waals surface area contributed by atoms with Crippen molar-refractivity contribution < 1.29 is 4.79 Å². The maximum absolute atomic E-state index is 12.0. The second-order valence-corrected chi connectivity index (χ2v) is 4.82. The summed E-state index contributed by atoms with van der Waals surface area (Å²) < 4.78 is 0. The maximum Gasteiger partial charge on any atom is 0.240 e. The number of nitrogens with one attached hydrogen (secondary N) is 1. The summed E-state index contributed by atoms with van der Waals surface area (Å²) in [6.07, 6.45) is 0.624. The van der Waals surface area contributed by atoms with Gasteiger partial charge in [-0.1, -0.05) is 31.2 Å². The van der Waals surface area contributed by atoms with Gasteiger partial charge in [-0.2, -0.15) is 0 Å². The molecule has 0 fully saturated rings. The van der Waals surface area contributed by atoms with E-state index in [1.54, 1.807) is 6.92 Å². The minimum Gasteiger partial charge on any atom is -0.348 e.